The highest BCUT2D eigenvalue weighted by atomic mass is 35.5. The van der Waals surface area contributed by atoms with E-state index in [2.05, 4.69) is 21.7 Å². The maximum Gasteiger partial charge on any atom is 0.328 e. The van der Waals surface area contributed by atoms with Gasteiger partial charge in [-0.15, -0.1) is 0 Å². The second-order valence-corrected chi connectivity index (χ2v) is 21.3. The summed E-state index contributed by atoms with van der Waals surface area (Å²) in [6, 6.07) is 30.5. The molecule has 0 saturated heterocycles. The Balaban J connectivity index is 0.965. The van der Waals surface area contributed by atoms with Crippen molar-refractivity contribution in [3.63, 3.8) is 0 Å². The Morgan fingerprint density at radius 1 is 0.886 bits per heavy atom. The fourth-order valence-electron chi connectivity index (χ4n) is 8.93. The molecule has 3 heterocycles. The number of aromatic nitrogens is 1. The lowest BCUT2D eigenvalue weighted by Gasteiger charge is -2.36. The number of carbonyl (C=O) groups excluding carboxylic acids is 3. The van der Waals surface area contributed by atoms with E-state index in [1.807, 2.05) is 66.7 Å². The average molecular weight is 1020 g/mol. The number of nitriles is 1. The van der Waals surface area contributed by atoms with Crippen molar-refractivity contribution in [3.8, 4) is 34.4 Å². The predicted molar refractivity (Wildman–Crippen MR) is 264 cm³/mol. The molecule has 2 aliphatic heterocycles. The number of ether oxygens (including phenoxy) is 4. The summed E-state index contributed by atoms with van der Waals surface area (Å²) in [5, 5.41) is 15.9. The van der Waals surface area contributed by atoms with Gasteiger partial charge in [-0.2, -0.15) is 9.57 Å². The van der Waals surface area contributed by atoms with Crippen LogP contribution in [-0.4, -0.2) is 61.3 Å². The molecule has 2 amide bonds. The Labute approximate surface area is 419 Å². The molecule has 1 saturated carbocycles. The Morgan fingerprint density at radius 3 is 2.26 bits per heavy atom. The number of fused-ring (bicyclic) bond motifs is 2. The molecule has 14 nitrogen and oxygen atoms in total. The van der Waals surface area contributed by atoms with Crippen LogP contribution in [0, 0.1) is 24.2 Å². The second-order valence-electron chi connectivity index (χ2n) is 17.4. The Morgan fingerprint density at radius 2 is 1.57 bits per heavy atom. The lowest BCUT2D eigenvalue weighted by atomic mass is 9.93. The molecule has 360 valence electrons. The molecular formula is C52H47Cl2N5O9S2. The van der Waals surface area contributed by atoms with Gasteiger partial charge < -0.3 is 29.6 Å². The number of benzene rings is 5. The Bertz CT molecular complexity index is 3100. The van der Waals surface area contributed by atoms with Crippen LogP contribution in [0.15, 0.2) is 107 Å². The van der Waals surface area contributed by atoms with Crippen LogP contribution in [0.4, 0.5) is 5.13 Å². The van der Waals surface area contributed by atoms with E-state index in [0.717, 1.165) is 63.6 Å². The van der Waals surface area contributed by atoms with Crippen molar-refractivity contribution in [2.45, 2.75) is 81.0 Å². The van der Waals surface area contributed by atoms with Crippen LogP contribution in [0.3, 0.4) is 0 Å². The fourth-order valence-corrected chi connectivity index (χ4v) is 12.3. The number of sulfonamides is 1. The van der Waals surface area contributed by atoms with Gasteiger partial charge in [0.25, 0.3) is 10.0 Å². The number of hydrogen-bond donors (Lipinski definition) is 2. The van der Waals surface area contributed by atoms with E-state index >= 15 is 0 Å². The summed E-state index contributed by atoms with van der Waals surface area (Å²) < 4.78 is 54.8. The first-order chi connectivity index (χ1) is 33.8. The molecule has 5 aromatic carbocycles. The lowest BCUT2D eigenvalue weighted by Crippen LogP contribution is -2.56. The lowest BCUT2D eigenvalue weighted by molar-refractivity contribution is -0.145. The van der Waals surface area contributed by atoms with Gasteiger partial charge >= 0.3 is 5.97 Å². The summed E-state index contributed by atoms with van der Waals surface area (Å²) in [6.45, 7) is 1.79. The van der Waals surface area contributed by atoms with E-state index in [1.165, 1.54) is 7.11 Å². The molecule has 0 radical (unpaired) electrons. The highest BCUT2D eigenvalue weighted by Gasteiger charge is 2.43. The fraction of sp³-hybridized carbons (Fsp3) is 0.288. The number of hydrogen-bond acceptors (Lipinski definition) is 12. The summed E-state index contributed by atoms with van der Waals surface area (Å²) in [5.74, 6) is -0.331. The van der Waals surface area contributed by atoms with Crippen molar-refractivity contribution < 1.29 is 41.7 Å². The summed E-state index contributed by atoms with van der Waals surface area (Å²) in [4.78, 5) is 45.5. The number of methoxy groups -OCH3 is 1. The maximum absolute atomic E-state index is 15.0. The van der Waals surface area contributed by atoms with Crippen LogP contribution >= 0.6 is 34.5 Å². The van der Waals surface area contributed by atoms with Gasteiger partial charge in [0, 0.05) is 18.9 Å². The average Bonchev–Trinajstić information content (AvgIpc) is 4.06. The second kappa shape index (κ2) is 20.9. The van der Waals surface area contributed by atoms with Crippen LogP contribution in [0.2, 0.25) is 10.0 Å². The quantitative estimate of drug-likeness (QED) is 0.0990. The summed E-state index contributed by atoms with van der Waals surface area (Å²) in [5.41, 5.74) is 6.15. The normalized spacial score (nSPS) is 17.2. The van der Waals surface area contributed by atoms with Crippen molar-refractivity contribution in [3.05, 3.63) is 152 Å². The Kier molecular flexibility index (Phi) is 14.5. The van der Waals surface area contributed by atoms with Crippen LogP contribution < -0.4 is 24.8 Å². The number of thiazole rings is 1. The van der Waals surface area contributed by atoms with Gasteiger partial charge in [-0.1, -0.05) is 102 Å². The SMILES string of the molecule is COC(=O)[C@H](Cc1ccc(-c2ccc(C#N)cc2)cc1)NC(=O)[C@@H]1Cc2cc3c(cc2CN1S(=O)(=O)c1sc(NC(=O)C2CCCC2)nc1C)OC(c1ccc(OCc2ccc(Cl)c(Cl)c2)cc1)CO3. The van der Waals surface area contributed by atoms with Gasteiger partial charge in [-0.25, -0.2) is 18.2 Å². The van der Waals surface area contributed by atoms with Gasteiger partial charge in [0.2, 0.25) is 11.8 Å². The van der Waals surface area contributed by atoms with E-state index in [0.29, 0.717) is 49.5 Å². The first-order valence-electron chi connectivity index (χ1n) is 22.7. The third-order valence-corrected chi connectivity index (χ3v) is 17.0. The Hall–Kier alpha value is -6.48. The molecule has 1 fully saturated rings. The number of nitrogens with zero attached hydrogens (tertiary/aromatic N) is 3. The zero-order valence-corrected chi connectivity index (χ0v) is 41.2. The molecule has 0 spiro atoms. The predicted octanol–water partition coefficient (Wildman–Crippen LogP) is 9.53. The van der Waals surface area contributed by atoms with Gasteiger partial charge in [-0.3, -0.25) is 9.59 Å². The molecule has 1 aromatic heterocycles. The maximum atomic E-state index is 15.0. The number of halogens is 2. The summed E-state index contributed by atoms with van der Waals surface area (Å²) >= 11 is 13.1. The smallest absolute Gasteiger partial charge is 0.328 e. The molecule has 1 unspecified atom stereocenters. The van der Waals surface area contributed by atoms with Crippen molar-refractivity contribution in [1.82, 2.24) is 14.6 Å². The molecule has 9 rings (SSSR count). The topological polar surface area (TPSA) is 186 Å². The van der Waals surface area contributed by atoms with Crippen molar-refractivity contribution in [1.29, 1.82) is 5.26 Å². The number of anilines is 1. The molecule has 1 aliphatic carbocycles. The van der Waals surface area contributed by atoms with Crippen molar-refractivity contribution >= 4 is 67.5 Å². The minimum absolute atomic E-state index is 0.0501. The number of rotatable bonds is 14. The van der Waals surface area contributed by atoms with Crippen molar-refractivity contribution in [2.75, 3.05) is 19.0 Å². The number of aryl methyl sites for hydroxylation is 1. The first kappa shape index (κ1) is 48.5. The number of amides is 2. The van der Waals surface area contributed by atoms with Gasteiger partial charge in [0.05, 0.1) is 34.5 Å². The first-order valence-corrected chi connectivity index (χ1v) is 25.7. The van der Waals surface area contributed by atoms with E-state index in [1.54, 1.807) is 43.3 Å². The monoisotopic (exact) mass is 1020 g/mol. The molecular weight excluding hydrogens is 974 g/mol. The van der Waals surface area contributed by atoms with E-state index in [-0.39, 0.29) is 59.5 Å². The van der Waals surface area contributed by atoms with Gasteiger partial charge in [-0.05, 0) is 114 Å². The molecule has 3 atom stereocenters. The third kappa shape index (κ3) is 10.6. The molecule has 18 heteroatoms. The van der Waals surface area contributed by atoms with Gasteiger partial charge in [0.1, 0.15) is 31.0 Å². The molecule has 6 aromatic rings. The number of carbonyl (C=O) groups is 3. The molecule has 0 bridgehead atoms. The zero-order valence-electron chi connectivity index (χ0n) is 38.1. The van der Waals surface area contributed by atoms with Crippen molar-refractivity contribution in [2.24, 2.45) is 5.92 Å². The summed E-state index contributed by atoms with van der Waals surface area (Å²) in [7, 11) is -3.26. The standard InChI is InChI=1S/C52H47Cl2N5O9S2/c1-30-51(69-52(56-30)58-48(60)37-5-3-4-6-37)70(63,64)59-27-39-25-46-45(67-29-47(68-46)36-16-18-40(19-17-36)66-28-33-11-20-41(53)42(54)21-33)24-38(39)23-44(59)49(61)57-43(50(62)65-2)22-31-7-12-34(13-8-31)35-14-9-32(26-55)10-15-35/h7-21,24-25,37,43-44,47H,3-6,22-23,27-29H2,1-2H3,(H,57,61)(H,56,58,60)/t43-,44-,47?/m0/s1. The molecule has 70 heavy (non-hydrogen) atoms. The minimum atomic E-state index is -4.48. The number of esters is 1. The van der Waals surface area contributed by atoms with E-state index in [9.17, 15) is 28.1 Å². The van der Waals surface area contributed by atoms with Crippen LogP contribution in [0.5, 0.6) is 17.2 Å². The van der Waals surface area contributed by atoms with Gasteiger partial charge in [0.15, 0.2) is 26.9 Å². The highest BCUT2D eigenvalue weighted by Crippen LogP contribution is 2.43. The number of nitrogens with one attached hydrogen (secondary N) is 2. The van der Waals surface area contributed by atoms with E-state index in [4.69, 9.17) is 42.1 Å². The zero-order chi connectivity index (χ0) is 49.1. The van der Waals surface area contributed by atoms with E-state index < -0.39 is 40.1 Å². The minimum Gasteiger partial charge on any atom is -0.489 e. The summed E-state index contributed by atoms with van der Waals surface area (Å²) in [6.07, 6.45) is 2.88. The molecule has 3 aliphatic rings. The van der Waals surface area contributed by atoms with Crippen LogP contribution in [-0.2, 0) is 55.1 Å². The molecule has 2 N–H and O–H groups in total. The third-order valence-electron chi connectivity index (χ3n) is 12.8. The highest BCUT2D eigenvalue weighted by molar-refractivity contribution is 7.91. The van der Waals surface area contributed by atoms with Crippen LogP contribution in [0.25, 0.3) is 11.1 Å². The largest absolute Gasteiger partial charge is 0.489 e. The van der Waals surface area contributed by atoms with Crippen LogP contribution in [0.1, 0.15) is 70.9 Å².